The third-order valence-electron chi connectivity index (χ3n) is 4.87. The number of likely N-dealkylation sites (tertiary alicyclic amines) is 2. The first-order chi connectivity index (χ1) is 11.6. The van der Waals surface area contributed by atoms with Crippen LogP contribution >= 0.6 is 0 Å². The van der Waals surface area contributed by atoms with Crippen LogP contribution < -0.4 is 0 Å². The Morgan fingerprint density at radius 2 is 1.88 bits per heavy atom. The topological polar surface area (TPSA) is 77.9 Å². The van der Waals surface area contributed by atoms with Crippen molar-refractivity contribution in [2.75, 3.05) is 19.6 Å². The van der Waals surface area contributed by atoms with Crippen LogP contribution in [0.15, 0.2) is 30.3 Å². The minimum atomic E-state index is -0.865. The quantitative estimate of drug-likeness (QED) is 0.911. The summed E-state index contributed by atoms with van der Waals surface area (Å²) in [5.41, 5.74) is 0.788. The van der Waals surface area contributed by atoms with Crippen molar-refractivity contribution in [3.05, 3.63) is 35.9 Å². The van der Waals surface area contributed by atoms with E-state index in [1.807, 2.05) is 30.3 Å². The molecule has 0 bridgehead atoms. The van der Waals surface area contributed by atoms with Crippen LogP contribution in [0.4, 0.5) is 0 Å². The SMILES string of the molecule is O=C(O)[C@H]1CCN(C(=O)[C@@H](c2ccccc2)N2CCCCC2=O)C1. The zero-order chi connectivity index (χ0) is 17.1. The van der Waals surface area contributed by atoms with Crippen molar-refractivity contribution in [1.29, 1.82) is 0 Å². The summed E-state index contributed by atoms with van der Waals surface area (Å²) in [7, 11) is 0. The number of hydrogen-bond donors (Lipinski definition) is 1. The number of carbonyl (C=O) groups excluding carboxylic acids is 2. The summed E-state index contributed by atoms with van der Waals surface area (Å²) in [6.45, 7) is 1.22. The van der Waals surface area contributed by atoms with E-state index in [9.17, 15) is 14.4 Å². The van der Waals surface area contributed by atoms with Crippen LogP contribution in [0.25, 0.3) is 0 Å². The van der Waals surface area contributed by atoms with E-state index in [4.69, 9.17) is 5.11 Å². The van der Waals surface area contributed by atoms with Gasteiger partial charge in [-0.3, -0.25) is 14.4 Å². The van der Waals surface area contributed by atoms with Crippen LogP contribution in [0, 0.1) is 5.92 Å². The van der Waals surface area contributed by atoms with Gasteiger partial charge in [0.1, 0.15) is 6.04 Å². The van der Waals surface area contributed by atoms with Crippen molar-refractivity contribution in [2.45, 2.75) is 31.7 Å². The number of amides is 2. The molecule has 0 aromatic heterocycles. The van der Waals surface area contributed by atoms with Crippen molar-refractivity contribution in [2.24, 2.45) is 5.92 Å². The Morgan fingerprint density at radius 1 is 1.12 bits per heavy atom. The van der Waals surface area contributed by atoms with E-state index >= 15 is 0 Å². The second-order valence-corrected chi connectivity index (χ2v) is 6.47. The summed E-state index contributed by atoms with van der Waals surface area (Å²) >= 11 is 0. The lowest BCUT2D eigenvalue weighted by Gasteiger charge is -2.36. The lowest BCUT2D eigenvalue weighted by atomic mass is 10.00. The predicted octanol–water partition coefficient (Wildman–Crippen LogP) is 1.67. The van der Waals surface area contributed by atoms with Crippen molar-refractivity contribution in [1.82, 2.24) is 9.80 Å². The minimum absolute atomic E-state index is 0.00238. The molecule has 2 fully saturated rings. The highest BCUT2D eigenvalue weighted by Gasteiger charge is 2.39. The fraction of sp³-hybridized carbons (Fsp3) is 0.500. The lowest BCUT2D eigenvalue weighted by Crippen LogP contribution is -2.46. The molecule has 2 amide bonds. The molecule has 2 aliphatic heterocycles. The summed E-state index contributed by atoms with van der Waals surface area (Å²) in [6, 6.07) is 8.65. The van der Waals surface area contributed by atoms with Gasteiger partial charge in [-0.25, -0.2) is 0 Å². The van der Waals surface area contributed by atoms with Gasteiger partial charge in [0.25, 0.3) is 0 Å². The molecule has 1 aromatic carbocycles. The van der Waals surface area contributed by atoms with Crippen LogP contribution in [0.1, 0.15) is 37.3 Å². The Bertz CT molecular complexity index is 631. The number of piperidine rings is 1. The van der Waals surface area contributed by atoms with Gasteiger partial charge in [-0.05, 0) is 24.8 Å². The number of nitrogens with zero attached hydrogens (tertiary/aromatic N) is 2. The van der Waals surface area contributed by atoms with E-state index in [-0.39, 0.29) is 18.4 Å². The first-order valence-corrected chi connectivity index (χ1v) is 8.44. The van der Waals surface area contributed by atoms with Crippen molar-refractivity contribution in [3.8, 4) is 0 Å². The molecule has 6 heteroatoms. The van der Waals surface area contributed by atoms with Gasteiger partial charge < -0.3 is 14.9 Å². The van der Waals surface area contributed by atoms with Gasteiger partial charge in [0, 0.05) is 26.1 Å². The maximum Gasteiger partial charge on any atom is 0.308 e. The fourth-order valence-electron chi connectivity index (χ4n) is 3.53. The Kier molecular flexibility index (Phi) is 4.83. The molecular weight excluding hydrogens is 308 g/mol. The van der Waals surface area contributed by atoms with Gasteiger partial charge in [-0.15, -0.1) is 0 Å². The molecule has 128 valence electrons. The van der Waals surface area contributed by atoms with Crippen LogP contribution in [-0.4, -0.2) is 52.3 Å². The number of carboxylic acids is 1. The fourth-order valence-corrected chi connectivity index (χ4v) is 3.53. The molecule has 6 nitrogen and oxygen atoms in total. The van der Waals surface area contributed by atoms with E-state index in [2.05, 4.69) is 0 Å². The monoisotopic (exact) mass is 330 g/mol. The van der Waals surface area contributed by atoms with E-state index in [0.717, 1.165) is 18.4 Å². The van der Waals surface area contributed by atoms with Crippen molar-refractivity contribution >= 4 is 17.8 Å². The number of rotatable bonds is 4. The summed E-state index contributed by atoms with van der Waals surface area (Å²) in [5, 5.41) is 9.16. The standard InChI is InChI=1S/C18H22N2O4/c21-15-8-4-5-10-20(15)16(13-6-2-1-3-7-13)17(22)19-11-9-14(12-19)18(23)24/h1-3,6-7,14,16H,4-5,8-12H2,(H,23,24)/t14-,16+/m0/s1. The first-order valence-electron chi connectivity index (χ1n) is 8.44. The first kappa shape index (κ1) is 16.5. The smallest absolute Gasteiger partial charge is 0.308 e. The number of carbonyl (C=O) groups is 3. The third kappa shape index (κ3) is 3.27. The third-order valence-corrected chi connectivity index (χ3v) is 4.87. The molecular formula is C18H22N2O4. The molecule has 2 saturated heterocycles. The predicted molar refractivity (Wildman–Crippen MR) is 87.1 cm³/mol. The Balaban J connectivity index is 1.86. The second-order valence-electron chi connectivity index (χ2n) is 6.47. The summed E-state index contributed by atoms with van der Waals surface area (Å²) in [6.07, 6.45) is 2.68. The van der Waals surface area contributed by atoms with E-state index in [1.165, 1.54) is 0 Å². The normalized spacial score (nSPS) is 22.5. The van der Waals surface area contributed by atoms with Crippen LogP contribution in [0.5, 0.6) is 0 Å². The highest BCUT2D eigenvalue weighted by Crippen LogP contribution is 2.29. The number of carboxylic acid groups (broad SMARTS) is 1. The van der Waals surface area contributed by atoms with Gasteiger partial charge in [-0.2, -0.15) is 0 Å². The molecule has 2 heterocycles. The highest BCUT2D eigenvalue weighted by atomic mass is 16.4. The number of benzene rings is 1. The lowest BCUT2D eigenvalue weighted by molar-refractivity contribution is -0.148. The zero-order valence-corrected chi connectivity index (χ0v) is 13.6. The average molecular weight is 330 g/mol. The molecule has 2 atom stereocenters. The van der Waals surface area contributed by atoms with E-state index in [1.54, 1.807) is 9.80 Å². The van der Waals surface area contributed by atoms with Crippen molar-refractivity contribution < 1.29 is 19.5 Å². The van der Waals surface area contributed by atoms with Crippen LogP contribution in [-0.2, 0) is 14.4 Å². The highest BCUT2D eigenvalue weighted by molar-refractivity contribution is 5.89. The van der Waals surface area contributed by atoms with Crippen LogP contribution in [0.2, 0.25) is 0 Å². The maximum atomic E-state index is 13.1. The van der Waals surface area contributed by atoms with E-state index in [0.29, 0.717) is 25.9 Å². The zero-order valence-electron chi connectivity index (χ0n) is 13.6. The molecule has 24 heavy (non-hydrogen) atoms. The number of hydrogen-bond acceptors (Lipinski definition) is 3. The average Bonchev–Trinajstić information content (AvgIpc) is 3.08. The Labute approximate surface area is 141 Å². The maximum absolute atomic E-state index is 13.1. The van der Waals surface area contributed by atoms with Crippen molar-refractivity contribution in [3.63, 3.8) is 0 Å². The summed E-state index contributed by atoms with van der Waals surface area (Å²) in [5.74, 6) is -1.55. The second kappa shape index (κ2) is 7.03. The summed E-state index contributed by atoms with van der Waals surface area (Å²) < 4.78 is 0. The molecule has 0 spiro atoms. The van der Waals surface area contributed by atoms with Crippen LogP contribution in [0.3, 0.4) is 0 Å². The largest absolute Gasteiger partial charge is 0.481 e. The molecule has 1 N–H and O–H groups in total. The molecule has 0 saturated carbocycles. The van der Waals surface area contributed by atoms with Gasteiger partial charge in [0.15, 0.2) is 0 Å². The Morgan fingerprint density at radius 3 is 2.50 bits per heavy atom. The molecule has 0 aliphatic carbocycles. The van der Waals surface area contributed by atoms with Gasteiger partial charge in [0.05, 0.1) is 5.92 Å². The summed E-state index contributed by atoms with van der Waals surface area (Å²) in [4.78, 5) is 39.9. The molecule has 2 aliphatic rings. The molecule has 0 radical (unpaired) electrons. The van der Waals surface area contributed by atoms with Gasteiger partial charge in [0.2, 0.25) is 11.8 Å². The minimum Gasteiger partial charge on any atom is -0.481 e. The molecule has 1 aromatic rings. The van der Waals surface area contributed by atoms with E-state index < -0.39 is 17.9 Å². The molecule has 3 rings (SSSR count). The van der Waals surface area contributed by atoms with Gasteiger partial charge in [-0.1, -0.05) is 30.3 Å². The van der Waals surface area contributed by atoms with Gasteiger partial charge >= 0.3 is 5.97 Å². The Hall–Kier alpha value is -2.37. The number of aliphatic carboxylic acids is 1. The molecule has 0 unspecified atom stereocenters.